The number of aliphatic carboxylic acids is 1. The average Bonchev–Trinajstić information content (AvgIpc) is 2.00. The molecule has 0 fully saturated rings. The van der Waals surface area contributed by atoms with Gasteiger partial charge in [-0.05, 0) is 13.3 Å². The Bertz CT molecular complexity index is 264. The third-order valence-corrected chi connectivity index (χ3v) is 1.99. The van der Waals surface area contributed by atoms with E-state index in [1.165, 1.54) is 13.8 Å². The van der Waals surface area contributed by atoms with Crippen LogP contribution in [0.3, 0.4) is 0 Å². The number of halogens is 3. The first-order valence-electron chi connectivity index (χ1n) is 4.22. The Morgan fingerprint density at radius 1 is 1.33 bits per heavy atom. The third-order valence-electron chi connectivity index (χ3n) is 1.99. The number of carbonyl (C=O) groups is 2. The summed E-state index contributed by atoms with van der Waals surface area (Å²) >= 11 is 0. The van der Waals surface area contributed by atoms with E-state index in [1.807, 2.05) is 0 Å². The lowest BCUT2D eigenvalue weighted by molar-refractivity contribution is -0.176. The third kappa shape index (κ3) is 4.66. The van der Waals surface area contributed by atoms with Crippen molar-refractivity contribution in [3.05, 3.63) is 0 Å². The molecule has 1 atom stereocenters. The van der Waals surface area contributed by atoms with Gasteiger partial charge >= 0.3 is 18.1 Å². The second-order valence-electron chi connectivity index (χ2n) is 3.44. The Hall–Kier alpha value is -1.27. The number of carboxylic acid groups (broad SMARTS) is 1. The van der Waals surface area contributed by atoms with Gasteiger partial charge in [-0.2, -0.15) is 13.2 Å². The van der Waals surface area contributed by atoms with Crippen LogP contribution in [0.2, 0.25) is 0 Å². The molecule has 7 heteroatoms. The molecule has 0 aliphatic heterocycles. The minimum atomic E-state index is -4.99. The van der Waals surface area contributed by atoms with Gasteiger partial charge < -0.3 is 10.4 Å². The maximum atomic E-state index is 11.9. The molecular weight excluding hydrogens is 215 g/mol. The summed E-state index contributed by atoms with van der Waals surface area (Å²) in [5.74, 6) is -3.38. The minimum absolute atomic E-state index is 0.0983. The number of amides is 1. The molecule has 0 aromatic heterocycles. The first-order chi connectivity index (χ1) is 6.60. The highest BCUT2D eigenvalue weighted by Gasteiger charge is 2.42. The van der Waals surface area contributed by atoms with Crippen LogP contribution in [0.5, 0.6) is 0 Å². The number of carboxylic acids is 1. The molecule has 0 saturated carbocycles. The summed E-state index contributed by atoms with van der Waals surface area (Å²) in [6.45, 7) is 2.75. The van der Waals surface area contributed by atoms with Crippen LogP contribution in [0.25, 0.3) is 0 Å². The van der Waals surface area contributed by atoms with E-state index in [4.69, 9.17) is 5.11 Å². The van der Waals surface area contributed by atoms with Crippen molar-refractivity contribution in [2.24, 2.45) is 0 Å². The van der Waals surface area contributed by atoms with E-state index in [2.05, 4.69) is 0 Å². The summed E-state index contributed by atoms with van der Waals surface area (Å²) in [6, 6.07) is 0. The molecule has 0 aromatic rings. The number of hydrogen-bond donors (Lipinski definition) is 2. The number of carbonyl (C=O) groups excluding carboxylic acids is 1. The van der Waals surface area contributed by atoms with E-state index in [0.717, 1.165) is 0 Å². The summed E-state index contributed by atoms with van der Waals surface area (Å²) in [6.07, 6.45) is -5.44. The fourth-order valence-electron chi connectivity index (χ4n) is 0.936. The predicted octanol–water partition coefficient (Wildman–Crippen LogP) is 1.31. The lowest BCUT2D eigenvalue weighted by Crippen LogP contribution is -2.51. The first-order valence-corrected chi connectivity index (χ1v) is 4.22. The van der Waals surface area contributed by atoms with Crippen LogP contribution < -0.4 is 5.32 Å². The van der Waals surface area contributed by atoms with Gasteiger partial charge in [-0.3, -0.25) is 9.59 Å². The van der Waals surface area contributed by atoms with E-state index in [-0.39, 0.29) is 6.42 Å². The lowest BCUT2D eigenvalue weighted by atomic mass is 9.94. The van der Waals surface area contributed by atoms with Crippen LogP contribution in [0, 0.1) is 0 Å². The summed E-state index contributed by atoms with van der Waals surface area (Å²) < 4.78 is 35.7. The molecule has 0 heterocycles. The quantitative estimate of drug-likeness (QED) is 0.760. The number of hydrogen-bond acceptors (Lipinski definition) is 2. The Morgan fingerprint density at radius 2 is 1.80 bits per heavy atom. The van der Waals surface area contributed by atoms with Crippen LogP contribution in [0.15, 0.2) is 0 Å². The van der Waals surface area contributed by atoms with Crippen LogP contribution in [-0.2, 0) is 9.59 Å². The molecule has 0 aliphatic carbocycles. The summed E-state index contributed by atoms with van der Waals surface area (Å²) in [4.78, 5) is 21.0. The van der Waals surface area contributed by atoms with Crippen molar-refractivity contribution < 1.29 is 27.9 Å². The maximum absolute atomic E-state index is 11.9. The van der Waals surface area contributed by atoms with E-state index < -0.39 is 30.0 Å². The van der Waals surface area contributed by atoms with Crippen molar-refractivity contribution in [3.8, 4) is 0 Å². The fraction of sp³-hybridized carbons (Fsp3) is 0.750. The number of nitrogens with one attached hydrogen (secondary N) is 1. The van der Waals surface area contributed by atoms with Gasteiger partial charge in [0, 0.05) is 5.54 Å². The van der Waals surface area contributed by atoms with Crippen LogP contribution in [0.1, 0.15) is 26.7 Å². The Kier molecular flexibility index (Phi) is 4.12. The summed E-state index contributed by atoms with van der Waals surface area (Å²) in [7, 11) is 0. The molecule has 0 aromatic carbocycles. The van der Waals surface area contributed by atoms with Crippen molar-refractivity contribution in [1.82, 2.24) is 5.32 Å². The van der Waals surface area contributed by atoms with Gasteiger partial charge in [-0.15, -0.1) is 0 Å². The molecule has 0 rings (SSSR count). The first kappa shape index (κ1) is 13.7. The highest BCUT2D eigenvalue weighted by Crippen LogP contribution is 2.20. The van der Waals surface area contributed by atoms with Gasteiger partial charge in [-0.25, -0.2) is 0 Å². The molecule has 88 valence electrons. The molecule has 0 radical (unpaired) electrons. The highest BCUT2D eigenvalue weighted by molar-refractivity contribution is 5.83. The van der Waals surface area contributed by atoms with E-state index >= 15 is 0 Å². The van der Waals surface area contributed by atoms with Crippen molar-refractivity contribution in [2.75, 3.05) is 0 Å². The second-order valence-corrected chi connectivity index (χ2v) is 3.44. The smallest absolute Gasteiger partial charge is 0.471 e. The lowest BCUT2D eigenvalue weighted by Gasteiger charge is -2.28. The van der Waals surface area contributed by atoms with Crippen molar-refractivity contribution in [3.63, 3.8) is 0 Å². The fourth-order valence-corrected chi connectivity index (χ4v) is 0.936. The monoisotopic (exact) mass is 227 g/mol. The van der Waals surface area contributed by atoms with Crippen LogP contribution in [-0.4, -0.2) is 28.7 Å². The number of alkyl halides is 3. The molecular formula is C8H12F3NO3. The zero-order valence-electron chi connectivity index (χ0n) is 8.31. The molecule has 2 N–H and O–H groups in total. The predicted molar refractivity (Wildman–Crippen MR) is 45.1 cm³/mol. The van der Waals surface area contributed by atoms with Crippen LogP contribution >= 0.6 is 0 Å². The summed E-state index contributed by atoms with van der Waals surface area (Å²) in [5.41, 5.74) is -1.38. The molecule has 4 nitrogen and oxygen atoms in total. The van der Waals surface area contributed by atoms with Crippen molar-refractivity contribution in [1.29, 1.82) is 0 Å². The Labute approximate surface area is 84.5 Å². The average molecular weight is 227 g/mol. The maximum Gasteiger partial charge on any atom is 0.471 e. The van der Waals surface area contributed by atoms with Gasteiger partial charge in [0.15, 0.2) is 0 Å². The Morgan fingerprint density at radius 3 is 2.07 bits per heavy atom. The van der Waals surface area contributed by atoms with Gasteiger partial charge in [0.05, 0.1) is 6.42 Å². The van der Waals surface area contributed by atoms with E-state index in [9.17, 15) is 22.8 Å². The topological polar surface area (TPSA) is 66.4 Å². The van der Waals surface area contributed by atoms with Gasteiger partial charge in [-0.1, -0.05) is 6.92 Å². The van der Waals surface area contributed by atoms with E-state index in [1.54, 1.807) is 5.32 Å². The normalized spacial score (nSPS) is 15.5. The SMILES string of the molecule is CCC(C)(CC(=O)O)NC(=O)C(F)(F)F. The molecule has 15 heavy (non-hydrogen) atoms. The van der Waals surface area contributed by atoms with Crippen molar-refractivity contribution >= 4 is 11.9 Å². The Balaban J connectivity index is 4.58. The van der Waals surface area contributed by atoms with Crippen LogP contribution in [0.4, 0.5) is 13.2 Å². The zero-order chi connectivity index (χ0) is 12.3. The molecule has 0 saturated heterocycles. The van der Waals surface area contributed by atoms with Gasteiger partial charge in [0.1, 0.15) is 0 Å². The van der Waals surface area contributed by atoms with E-state index in [0.29, 0.717) is 0 Å². The molecule has 0 spiro atoms. The molecule has 0 aliphatic rings. The van der Waals surface area contributed by atoms with Crippen molar-refractivity contribution in [2.45, 2.75) is 38.4 Å². The zero-order valence-corrected chi connectivity index (χ0v) is 8.31. The number of rotatable bonds is 4. The molecule has 1 unspecified atom stereocenters. The molecule has 1 amide bonds. The van der Waals surface area contributed by atoms with Gasteiger partial charge in [0.25, 0.3) is 0 Å². The van der Waals surface area contributed by atoms with Gasteiger partial charge in [0.2, 0.25) is 0 Å². The minimum Gasteiger partial charge on any atom is -0.481 e. The largest absolute Gasteiger partial charge is 0.481 e. The highest BCUT2D eigenvalue weighted by atomic mass is 19.4. The molecule has 0 bridgehead atoms. The standard InChI is InChI=1S/C8H12F3NO3/c1-3-7(2,4-5(13)14)12-6(15)8(9,10)11/h3-4H2,1-2H3,(H,12,15)(H,13,14). The summed E-state index contributed by atoms with van der Waals surface area (Å²) in [5, 5.41) is 10.1. The second kappa shape index (κ2) is 4.50.